The van der Waals surface area contributed by atoms with Crippen LogP contribution in [-0.2, 0) is 13.6 Å². The number of thiol groups is 2. The Kier molecular flexibility index (Phi) is 7.26. The second-order valence-corrected chi connectivity index (χ2v) is 6.45. The fourth-order valence-corrected chi connectivity index (χ4v) is 2.58. The summed E-state index contributed by atoms with van der Waals surface area (Å²) in [5.41, 5.74) is 0. The summed E-state index contributed by atoms with van der Waals surface area (Å²) in [6.45, 7) is 0.493. The van der Waals surface area contributed by atoms with Crippen molar-refractivity contribution in [2.24, 2.45) is 0 Å². The molecule has 0 fully saturated rings. The highest BCUT2D eigenvalue weighted by Gasteiger charge is 2.22. The Balaban J connectivity index is 1.56. The van der Waals surface area contributed by atoms with E-state index < -0.39 is 8.25 Å². The summed E-state index contributed by atoms with van der Waals surface area (Å²) >= 11 is 8.69. The van der Waals surface area contributed by atoms with Crippen molar-refractivity contribution in [2.45, 2.75) is 23.3 Å². The molecule has 0 aromatic carbocycles. The highest BCUT2D eigenvalue weighted by atomic mass is 32.1. The molecule has 2 atom stereocenters. The van der Waals surface area contributed by atoms with Crippen molar-refractivity contribution in [3.05, 3.63) is 24.3 Å². The lowest BCUT2D eigenvalue weighted by Crippen LogP contribution is -2.00. The van der Waals surface area contributed by atoms with Crippen LogP contribution in [0.3, 0.4) is 0 Å². The highest BCUT2D eigenvalue weighted by Crippen LogP contribution is 2.29. The van der Waals surface area contributed by atoms with Crippen molar-refractivity contribution in [2.75, 3.05) is 13.2 Å². The SMILES string of the molecule is O=[P+](OCCC(S)c1ncn[nH]1)OCCC(S)c1ncn[nH]1. The minimum Gasteiger partial charge on any atom is -0.262 e. The van der Waals surface area contributed by atoms with Crippen LogP contribution in [0.1, 0.15) is 35.0 Å². The van der Waals surface area contributed by atoms with Crippen LogP contribution >= 0.6 is 33.5 Å². The van der Waals surface area contributed by atoms with E-state index in [4.69, 9.17) is 9.05 Å². The fraction of sp³-hybridized carbons (Fsp3) is 0.600. The zero-order chi connectivity index (χ0) is 15.8. The molecule has 2 aromatic heterocycles. The van der Waals surface area contributed by atoms with Gasteiger partial charge in [-0.15, -0.1) is 9.05 Å². The second-order valence-electron chi connectivity index (χ2n) is 4.24. The molecule has 0 saturated heterocycles. The van der Waals surface area contributed by atoms with E-state index in [-0.39, 0.29) is 23.7 Å². The van der Waals surface area contributed by atoms with Gasteiger partial charge in [0.2, 0.25) is 0 Å². The third kappa shape index (κ3) is 5.65. The zero-order valence-corrected chi connectivity index (χ0v) is 14.2. The molecule has 0 bridgehead atoms. The number of nitrogens with one attached hydrogen (secondary N) is 2. The van der Waals surface area contributed by atoms with Gasteiger partial charge in [0.1, 0.15) is 37.5 Å². The summed E-state index contributed by atoms with van der Waals surface area (Å²) in [6, 6.07) is 0. The van der Waals surface area contributed by atoms with Gasteiger partial charge in [-0.1, -0.05) is 0 Å². The third-order valence-electron chi connectivity index (χ3n) is 2.67. The lowest BCUT2D eigenvalue weighted by atomic mass is 10.3. The van der Waals surface area contributed by atoms with E-state index in [1.807, 2.05) is 0 Å². The van der Waals surface area contributed by atoms with Crippen molar-refractivity contribution < 1.29 is 13.6 Å². The maximum atomic E-state index is 11.6. The predicted molar refractivity (Wildman–Crippen MR) is 85.0 cm³/mol. The minimum atomic E-state index is -2.17. The number of rotatable bonds is 10. The number of aromatic nitrogens is 6. The Morgan fingerprint density at radius 3 is 1.82 bits per heavy atom. The summed E-state index contributed by atoms with van der Waals surface area (Å²) in [4.78, 5) is 7.96. The lowest BCUT2D eigenvalue weighted by Gasteiger charge is -2.04. The van der Waals surface area contributed by atoms with Crippen LogP contribution in [0.15, 0.2) is 12.7 Å². The van der Waals surface area contributed by atoms with Crippen LogP contribution in [0.4, 0.5) is 0 Å². The Labute approximate surface area is 138 Å². The highest BCUT2D eigenvalue weighted by molar-refractivity contribution is 7.80. The molecule has 2 rings (SSSR count). The summed E-state index contributed by atoms with van der Waals surface area (Å²) in [5.74, 6) is 1.29. The van der Waals surface area contributed by atoms with E-state index >= 15 is 0 Å². The molecule has 0 amide bonds. The molecular formula is C10H16N6O3PS2+. The van der Waals surface area contributed by atoms with E-state index in [9.17, 15) is 4.57 Å². The van der Waals surface area contributed by atoms with Gasteiger partial charge in [-0.25, -0.2) is 9.97 Å². The normalized spacial score (nSPS) is 14.7. The van der Waals surface area contributed by atoms with E-state index in [0.717, 1.165) is 0 Å². The third-order valence-corrected chi connectivity index (χ3v) is 4.47. The molecule has 0 aliphatic carbocycles. The molecule has 2 unspecified atom stereocenters. The Bertz CT molecular complexity index is 507. The molecule has 12 heteroatoms. The Morgan fingerprint density at radius 2 is 1.45 bits per heavy atom. The first kappa shape index (κ1) is 17.4. The maximum Gasteiger partial charge on any atom is 0.697 e. The van der Waals surface area contributed by atoms with Gasteiger partial charge in [0.25, 0.3) is 0 Å². The van der Waals surface area contributed by atoms with Gasteiger partial charge < -0.3 is 0 Å². The molecule has 0 aliphatic rings. The summed E-state index contributed by atoms with van der Waals surface area (Å²) < 4.78 is 21.8. The number of hydrogen-bond donors (Lipinski definition) is 4. The number of nitrogens with zero attached hydrogens (tertiary/aromatic N) is 4. The summed E-state index contributed by atoms with van der Waals surface area (Å²) in [6.07, 6.45) is 3.89. The minimum absolute atomic E-state index is 0.154. The van der Waals surface area contributed by atoms with E-state index in [1.54, 1.807) is 0 Å². The first-order valence-electron chi connectivity index (χ1n) is 6.46. The topological polar surface area (TPSA) is 119 Å². The smallest absolute Gasteiger partial charge is 0.262 e. The standard InChI is InChI=1S/C10H15N6O3PS2/c17-20(18-3-1-7(21)9-11-5-13-15-9)19-4-2-8(22)10-12-6-14-16-10/h5-8H,1-4H2,(H3-,11,12,13,14,15,16,21,22)/p+1. The van der Waals surface area contributed by atoms with Crippen LogP contribution in [0.5, 0.6) is 0 Å². The fourth-order valence-electron chi connectivity index (χ4n) is 1.54. The van der Waals surface area contributed by atoms with Crippen LogP contribution < -0.4 is 0 Å². The van der Waals surface area contributed by atoms with Crippen molar-refractivity contribution in [3.8, 4) is 0 Å². The largest absolute Gasteiger partial charge is 0.697 e. The lowest BCUT2D eigenvalue weighted by molar-refractivity contribution is 0.220. The first-order chi connectivity index (χ1) is 10.7. The molecule has 0 spiro atoms. The quantitative estimate of drug-likeness (QED) is 0.377. The predicted octanol–water partition coefficient (Wildman–Crippen LogP) is 2.04. The molecule has 0 radical (unpaired) electrons. The van der Waals surface area contributed by atoms with Gasteiger partial charge in [-0.2, -0.15) is 35.5 Å². The van der Waals surface area contributed by atoms with Crippen LogP contribution in [0.2, 0.25) is 0 Å². The van der Waals surface area contributed by atoms with Gasteiger partial charge >= 0.3 is 8.25 Å². The van der Waals surface area contributed by atoms with Gasteiger partial charge in [0.05, 0.1) is 10.5 Å². The van der Waals surface area contributed by atoms with Crippen molar-refractivity contribution >= 4 is 33.5 Å². The summed E-state index contributed by atoms with van der Waals surface area (Å²) in [7, 11) is -2.17. The molecule has 22 heavy (non-hydrogen) atoms. The maximum absolute atomic E-state index is 11.6. The average molecular weight is 363 g/mol. The van der Waals surface area contributed by atoms with Gasteiger partial charge in [0, 0.05) is 4.57 Å². The van der Waals surface area contributed by atoms with Gasteiger partial charge in [-0.05, 0) is 12.8 Å². The van der Waals surface area contributed by atoms with Crippen LogP contribution in [-0.4, -0.2) is 43.6 Å². The molecular weight excluding hydrogens is 347 g/mol. The van der Waals surface area contributed by atoms with Crippen molar-refractivity contribution in [1.82, 2.24) is 30.4 Å². The zero-order valence-electron chi connectivity index (χ0n) is 11.5. The Hall–Kier alpha value is -1.00. The number of aromatic amines is 2. The van der Waals surface area contributed by atoms with Crippen molar-refractivity contribution in [3.63, 3.8) is 0 Å². The average Bonchev–Trinajstić information content (AvgIpc) is 3.20. The number of hydrogen-bond acceptors (Lipinski definition) is 9. The molecule has 0 aliphatic heterocycles. The van der Waals surface area contributed by atoms with Gasteiger partial charge in [0.15, 0.2) is 0 Å². The summed E-state index contributed by atoms with van der Waals surface area (Å²) in [5, 5.41) is 12.6. The van der Waals surface area contributed by atoms with E-state index in [1.165, 1.54) is 12.7 Å². The Morgan fingerprint density at radius 1 is 1.00 bits per heavy atom. The monoisotopic (exact) mass is 363 g/mol. The molecule has 0 saturated carbocycles. The molecule has 120 valence electrons. The van der Waals surface area contributed by atoms with Crippen LogP contribution in [0, 0.1) is 0 Å². The first-order valence-corrected chi connectivity index (χ1v) is 8.59. The van der Waals surface area contributed by atoms with Gasteiger partial charge in [-0.3, -0.25) is 10.2 Å². The molecule has 2 N–H and O–H groups in total. The van der Waals surface area contributed by atoms with E-state index in [0.29, 0.717) is 24.5 Å². The molecule has 2 aromatic rings. The number of H-pyrrole nitrogens is 2. The van der Waals surface area contributed by atoms with Crippen LogP contribution in [0.25, 0.3) is 0 Å². The molecule has 9 nitrogen and oxygen atoms in total. The second kappa shape index (κ2) is 9.21. The molecule has 2 heterocycles. The van der Waals surface area contributed by atoms with E-state index in [2.05, 4.69) is 55.6 Å². The van der Waals surface area contributed by atoms with Crippen molar-refractivity contribution in [1.29, 1.82) is 0 Å².